The highest BCUT2D eigenvalue weighted by Crippen LogP contribution is 2.04. The number of esters is 1. The van der Waals surface area contributed by atoms with Gasteiger partial charge in [-0.25, -0.2) is 14.3 Å². The van der Waals surface area contributed by atoms with Crippen LogP contribution in [0.2, 0.25) is 0 Å². The predicted molar refractivity (Wildman–Crippen MR) is 86.5 cm³/mol. The number of hydrogen-bond donors (Lipinski definition) is 0. The number of carbonyl (C=O) groups is 1. The van der Waals surface area contributed by atoms with Gasteiger partial charge in [-0.3, -0.25) is 14.2 Å². The van der Waals surface area contributed by atoms with Gasteiger partial charge in [-0.05, 0) is 5.56 Å². The van der Waals surface area contributed by atoms with Crippen molar-refractivity contribution >= 4 is 17.1 Å². The first-order chi connectivity index (χ1) is 11.5. The van der Waals surface area contributed by atoms with Gasteiger partial charge in [0.15, 0.2) is 11.2 Å². The lowest BCUT2D eigenvalue weighted by Gasteiger charge is -2.09. The van der Waals surface area contributed by atoms with Gasteiger partial charge in [0, 0.05) is 14.1 Å². The van der Waals surface area contributed by atoms with E-state index >= 15 is 0 Å². The zero-order valence-electron chi connectivity index (χ0n) is 13.3. The van der Waals surface area contributed by atoms with E-state index in [1.54, 1.807) is 7.05 Å². The quantitative estimate of drug-likeness (QED) is 0.637. The van der Waals surface area contributed by atoms with Gasteiger partial charge < -0.3 is 9.30 Å². The minimum absolute atomic E-state index is 0.0860. The zero-order chi connectivity index (χ0) is 17.3. The predicted octanol–water partition coefficient (Wildman–Crippen LogP) is 0.177. The van der Waals surface area contributed by atoms with Gasteiger partial charge in [0.1, 0.15) is 13.2 Å². The molecule has 8 heteroatoms. The molecule has 0 unspecified atom stereocenters. The van der Waals surface area contributed by atoms with Crippen LogP contribution in [0, 0.1) is 0 Å². The average Bonchev–Trinajstić information content (AvgIpc) is 2.98. The van der Waals surface area contributed by atoms with E-state index in [1.165, 1.54) is 22.5 Å². The fourth-order valence-corrected chi connectivity index (χ4v) is 2.45. The first-order valence-electron chi connectivity index (χ1n) is 7.29. The monoisotopic (exact) mass is 328 g/mol. The van der Waals surface area contributed by atoms with Gasteiger partial charge in [0.05, 0.1) is 6.33 Å². The maximum atomic E-state index is 12.5. The lowest BCUT2D eigenvalue weighted by Crippen LogP contribution is -2.41. The molecule has 0 aliphatic heterocycles. The molecular formula is C16H16N4O4. The highest BCUT2D eigenvalue weighted by Gasteiger charge is 2.17. The summed E-state index contributed by atoms with van der Waals surface area (Å²) in [7, 11) is 3.15. The number of aromatic nitrogens is 4. The summed E-state index contributed by atoms with van der Waals surface area (Å²) in [5, 5.41) is 0. The Kier molecular flexibility index (Phi) is 4.03. The molecule has 124 valence electrons. The second kappa shape index (κ2) is 6.15. The van der Waals surface area contributed by atoms with Crippen molar-refractivity contribution in [3.8, 4) is 0 Å². The minimum atomic E-state index is -0.653. The molecule has 0 saturated carbocycles. The molecule has 0 spiro atoms. The molecule has 8 nitrogen and oxygen atoms in total. The molecule has 3 rings (SSSR count). The Morgan fingerprint density at radius 2 is 1.88 bits per heavy atom. The van der Waals surface area contributed by atoms with E-state index < -0.39 is 23.8 Å². The van der Waals surface area contributed by atoms with Crippen molar-refractivity contribution < 1.29 is 9.53 Å². The van der Waals surface area contributed by atoms with Gasteiger partial charge >= 0.3 is 11.7 Å². The Morgan fingerprint density at radius 1 is 1.17 bits per heavy atom. The molecule has 0 bridgehead atoms. The number of hydrogen-bond acceptors (Lipinski definition) is 5. The van der Waals surface area contributed by atoms with Crippen LogP contribution in [0.3, 0.4) is 0 Å². The van der Waals surface area contributed by atoms with Crippen molar-refractivity contribution in [1.82, 2.24) is 18.7 Å². The third-order valence-electron chi connectivity index (χ3n) is 3.73. The molecule has 0 N–H and O–H groups in total. The number of ether oxygens (including phenoxy) is 1. The number of carbonyl (C=O) groups excluding carboxylic acids is 1. The van der Waals surface area contributed by atoms with Gasteiger partial charge in [0.2, 0.25) is 0 Å². The van der Waals surface area contributed by atoms with Crippen LogP contribution >= 0.6 is 0 Å². The van der Waals surface area contributed by atoms with E-state index in [0.717, 1.165) is 10.1 Å². The summed E-state index contributed by atoms with van der Waals surface area (Å²) in [5.74, 6) is -0.653. The van der Waals surface area contributed by atoms with E-state index in [0.29, 0.717) is 0 Å². The van der Waals surface area contributed by atoms with Crippen molar-refractivity contribution in [2.75, 3.05) is 0 Å². The number of aryl methyl sites for hydroxylation is 2. The summed E-state index contributed by atoms with van der Waals surface area (Å²) in [4.78, 5) is 40.8. The summed E-state index contributed by atoms with van der Waals surface area (Å²) < 4.78 is 8.75. The van der Waals surface area contributed by atoms with Crippen LogP contribution in [-0.4, -0.2) is 24.7 Å². The van der Waals surface area contributed by atoms with Crippen molar-refractivity contribution in [3.05, 3.63) is 63.1 Å². The van der Waals surface area contributed by atoms with Crippen LogP contribution in [0.5, 0.6) is 0 Å². The van der Waals surface area contributed by atoms with Gasteiger partial charge in [-0.15, -0.1) is 0 Å². The van der Waals surface area contributed by atoms with Crippen LogP contribution in [0.1, 0.15) is 5.56 Å². The minimum Gasteiger partial charge on any atom is -0.459 e. The van der Waals surface area contributed by atoms with E-state index in [2.05, 4.69) is 4.98 Å². The molecule has 0 aliphatic rings. The molecule has 2 aromatic heterocycles. The Balaban J connectivity index is 1.87. The molecule has 0 radical (unpaired) electrons. The molecule has 0 aliphatic carbocycles. The van der Waals surface area contributed by atoms with Crippen LogP contribution in [0.25, 0.3) is 11.2 Å². The van der Waals surface area contributed by atoms with E-state index in [9.17, 15) is 14.4 Å². The molecule has 2 heterocycles. The average molecular weight is 328 g/mol. The van der Waals surface area contributed by atoms with Crippen molar-refractivity contribution in [2.24, 2.45) is 14.1 Å². The lowest BCUT2D eigenvalue weighted by molar-refractivity contribution is -0.145. The summed E-state index contributed by atoms with van der Waals surface area (Å²) in [5.41, 5.74) is 0.190. The first kappa shape index (κ1) is 15.7. The third kappa shape index (κ3) is 2.73. The van der Waals surface area contributed by atoms with Crippen molar-refractivity contribution in [2.45, 2.75) is 13.2 Å². The highest BCUT2D eigenvalue weighted by molar-refractivity contribution is 5.72. The standard InChI is InChI=1S/C16H16N4O4/c1-18-10-17-14-13(18)15(22)20(16(23)19(14)2)8-12(21)24-9-11-6-4-3-5-7-11/h3-7,10H,8-9H2,1-2H3. The summed E-state index contributed by atoms with van der Waals surface area (Å²) in [6.07, 6.45) is 1.45. The van der Waals surface area contributed by atoms with Crippen molar-refractivity contribution in [1.29, 1.82) is 0 Å². The van der Waals surface area contributed by atoms with Gasteiger partial charge in [-0.1, -0.05) is 30.3 Å². The van der Waals surface area contributed by atoms with Crippen LogP contribution in [0.4, 0.5) is 0 Å². The lowest BCUT2D eigenvalue weighted by atomic mass is 10.2. The fraction of sp³-hybridized carbons (Fsp3) is 0.250. The molecule has 0 saturated heterocycles. The smallest absolute Gasteiger partial charge is 0.333 e. The van der Waals surface area contributed by atoms with E-state index in [4.69, 9.17) is 4.74 Å². The summed E-state index contributed by atoms with van der Waals surface area (Å²) in [6.45, 7) is -0.359. The largest absolute Gasteiger partial charge is 0.459 e. The number of nitrogens with zero attached hydrogens (tertiary/aromatic N) is 4. The summed E-state index contributed by atoms with van der Waals surface area (Å²) in [6, 6.07) is 9.16. The summed E-state index contributed by atoms with van der Waals surface area (Å²) >= 11 is 0. The molecule has 3 aromatic rings. The Labute approximate surface area is 136 Å². The second-order valence-electron chi connectivity index (χ2n) is 5.41. The third-order valence-corrected chi connectivity index (χ3v) is 3.73. The fourth-order valence-electron chi connectivity index (χ4n) is 2.45. The molecule has 0 fully saturated rings. The van der Waals surface area contributed by atoms with Gasteiger partial charge in [0.25, 0.3) is 5.56 Å². The molecular weight excluding hydrogens is 312 g/mol. The molecule has 24 heavy (non-hydrogen) atoms. The zero-order valence-corrected chi connectivity index (χ0v) is 13.3. The van der Waals surface area contributed by atoms with Gasteiger partial charge in [-0.2, -0.15) is 0 Å². The normalized spacial score (nSPS) is 10.9. The topological polar surface area (TPSA) is 88.1 Å². The van der Waals surface area contributed by atoms with Crippen LogP contribution < -0.4 is 11.2 Å². The molecule has 0 amide bonds. The van der Waals surface area contributed by atoms with Crippen LogP contribution in [-0.2, 0) is 36.8 Å². The number of rotatable bonds is 4. The number of benzene rings is 1. The Bertz CT molecular complexity index is 1010. The number of imidazole rings is 1. The van der Waals surface area contributed by atoms with E-state index in [-0.39, 0.29) is 17.8 Å². The van der Waals surface area contributed by atoms with Crippen LogP contribution in [0.15, 0.2) is 46.2 Å². The molecule has 1 aromatic carbocycles. The van der Waals surface area contributed by atoms with Crippen molar-refractivity contribution in [3.63, 3.8) is 0 Å². The SMILES string of the molecule is Cn1cnc2c1c(=O)n(CC(=O)OCc1ccccc1)c(=O)n2C. The maximum Gasteiger partial charge on any atom is 0.333 e. The second-order valence-corrected chi connectivity index (χ2v) is 5.41. The maximum absolute atomic E-state index is 12.5. The highest BCUT2D eigenvalue weighted by atomic mass is 16.5. The number of fused-ring (bicyclic) bond motifs is 1. The van der Waals surface area contributed by atoms with E-state index in [1.807, 2.05) is 30.3 Å². The first-order valence-corrected chi connectivity index (χ1v) is 7.29. The molecule has 0 atom stereocenters. The Morgan fingerprint density at radius 3 is 2.58 bits per heavy atom. The Hall–Kier alpha value is -3.16.